The second kappa shape index (κ2) is 6.11. The van der Waals surface area contributed by atoms with Crippen LogP contribution in [0.25, 0.3) is 0 Å². The topological polar surface area (TPSA) is 41.1 Å². The van der Waals surface area contributed by atoms with Gasteiger partial charge in [0.1, 0.15) is 0 Å². The van der Waals surface area contributed by atoms with Crippen molar-refractivity contribution >= 4 is 5.91 Å². The number of carbonyl (C=O) groups excluding carboxylic acids is 1. The van der Waals surface area contributed by atoms with E-state index >= 15 is 0 Å². The molecule has 3 nitrogen and oxygen atoms in total. The maximum absolute atomic E-state index is 11.9. The number of hydrogen-bond donors (Lipinski definition) is 2. The van der Waals surface area contributed by atoms with Crippen LogP contribution in [-0.4, -0.2) is 24.5 Å². The first-order chi connectivity index (χ1) is 7.11. The average Bonchev–Trinajstić information content (AvgIpc) is 2.45. The number of rotatable bonds is 3. The molecule has 0 aliphatic carbocycles. The maximum Gasteiger partial charge on any atom is 0.237 e. The van der Waals surface area contributed by atoms with Crippen molar-refractivity contribution in [3.05, 3.63) is 0 Å². The normalized spacial score (nSPS) is 24.7. The zero-order valence-electron chi connectivity index (χ0n) is 10.2. The third-order valence-corrected chi connectivity index (χ3v) is 3.25. The lowest BCUT2D eigenvalue weighted by Gasteiger charge is -2.22. The molecule has 1 aliphatic rings. The Kier molecular flexibility index (Phi) is 5.09. The molecule has 0 aromatic heterocycles. The van der Waals surface area contributed by atoms with Crippen LogP contribution >= 0.6 is 0 Å². The average molecular weight is 212 g/mol. The fourth-order valence-corrected chi connectivity index (χ4v) is 1.74. The Balaban J connectivity index is 2.37. The second-order valence-electron chi connectivity index (χ2n) is 4.90. The first-order valence-corrected chi connectivity index (χ1v) is 6.15. The van der Waals surface area contributed by atoms with E-state index in [4.69, 9.17) is 0 Å². The molecule has 0 saturated carbocycles. The summed E-state index contributed by atoms with van der Waals surface area (Å²) in [6.07, 6.45) is 4.60. The molecule has 0 aromatic carbocycles. The minimum atomic E-state index is 0.0358. The number of hydrogen-bond acceptors (Lipinski definition) is 2. The van der Waals surface area contributed by atoms with Crippen molar-refractivity contribution in [3.63, 3.8) is 0 Å². The number of nitrogens with one attached hydrogen (secondary N) is 2. The van der Waals surface area contributed by atoms with Gasteiger partial charge in [-0.3, -0.25) is 4.79 Å². The SMILES string of the molecule is CC(C)C(C)NC(=O)C1CCCCCN1. The molecule has 0 radical (unpaired) electrons. The van der Waals surface area contributed by atoms with Crippen molar-refractivity contribution in [2.75, 3.05) is 6.54 Å². The zero-order valence-corrected chi connectivity index (χ0v) is 10.2. The molecule has 3 heteroatoms. The van der Waals surface area contributed by atoms with E-state index < -0.39 is 0 Å². The third-order valence-electron chi connectivity index (χ3n) is 3.25. The highest BCUT2D eigenvalue weighted by molar-refractivity contribution is 5.82. The molecule has 1 aliphatic heterocycles. The molecule has 1 saturated heterocycles. The van der Waals surface area contributed by atoms with Crippen molar-refractivity contribution in [1.29, 1.82) is 0 Å². The summed E-state index contributed by atoms with van der Waals surface area (Å²) < 4.78 is 0. The van der Waals surface area contributed by atoms with Gasteiger partial charge in [0.2, 0.25) is 5.91 Å². The lowest BCUT2D eigenvalue weighted by molar-refractivity contribution is -0.124. The summed E-state index contributed by atoms with van der Waals surface area (Å²) in [5.74, 6) is 0.679. The molecule has 0 spiro atoms. The third kappa shape index (κ3) is 4.20. The maximum atomic E-state index is 11.9. The highest BCUT2D eigenvalue weighted by Gasteiger charge is 2.21. The summed E-state index contributed by atoms with van der Waals surface area (Å²) in [4.78, 5) is 11.9. The van der Waals surface area contributed by atoms with E-state index in [1.807, 2.05) is 0 Å². The van der Waals surface area contributed by atoms with Crippen LogP contribution < -0.4 is 10.6 Å². The predicted octanol–water partition coefficient (Wildman–Crippen LogP) is 1.68. The lowest BCUT2D eigenvalue weighted by Crippen LogP contribution is -2.48. The molecule has 2 atom stereocenters. The van der Waals surface area contributed by atoms with Gasteiger partial charge in [0.25, 0.3) is 0 Å². The first-order valence-electron chi connectivity index (χ1n) is 6.15. The molecule has 0 aromatic rings. The zero-order chi connectivity index (χ0) is 11.3. The molecule has 0 bridgehead atoms. The van der Waals surface area contributed by atoms with Crippen molar-refractivity contribution in [1.82, 2.24) is 10.6 Å². The summed E-state index contributed by atoms with van der Waals surface area (Å²) >= 11 is 0. The second-order valence-corrected chi connectivity index (χ2v) is 4.90. The van der Waals surface area contributed by atoms with E-state index in [1.54, 1.807) is 0 Å². The standard InChI is InChI=1S/C12H24N2O/c1-9(2)10(3)14-12(15)11-7-5-4-6-8-13-11/h9-11,13H,4-8H2,1-3H3,(H,14,15). The van der Waals surface area contributed by atoms with E-state index in [1.165, 1.54) is 19.3 Å². The van der Waals surface area contributed by atoms with Crippen LogP contribution in [0.5, 0.6) is 0 Å². The van der Waals surface area contributed by atoms with Crippen molar-refractivity contribution in [2.24, 2.45) is 5.92 Å². The van der Waals surface area contributed by atoms with Gasteiger partial charge in [-0.15, -0.1) is 0 Å². The van der Waals surface area contributed by atoms with Crippen molar-refractivity contribution in [2.45, 2.75) is 58.5 Å². The van der Waals surface area contributed by atoms with E-state index in [9.17, 15) is 4.79 Å². The van der Waals surface area contributed by atoms with Gasteiger partial charge in [0, 0.05) is 6.04 Å². The summed E-state index contributed by atoms with van der Waals surface area (Å²) in [7, 11) is 0. The number of amides is 1. The molecule has 1 rings (SSSR count). The van der Waals surface area contributed by atoms with Gasteiger partial charge in [0.05, 0.1) is 6.04 Å². The summed E-state index contributed by atoms with van der Waals surface area (Å²) in [5.41, 5.74) is 0. The largest absolute Gasteiger partial charge is 0.352 e. The quantitative estimate of drug-likeness (QED) is 0.747. The van der Waals surface area contributed by atoms with Gasteiger partial charge in [-0.2, -0.15) is 0 Å². The van der Waals surface area contributed by atoms with Crippen LogP contribution in [0, 0.1) is 5.92 Å². The Morgan fingerprint density at radius 3 is 2.67 bits per heavy atom. The molecule has 1 amide bonds. The Hall–Kier alpha value is -0.570. The predicted molar refractivity (Wildman–Crippen MR) is 62.7 cm³/mol. The smallest absolute Gasteiger partial charge is 0.237 e. The molecular weight excluding hydrogens is 188 g/mol. The van der Waals surface area contributed by atoms with Gasteiger partial charge in [0.15, 0.2) is 0 Å². The lowest BCUT2D eigenvalue weighted by atomic mass is 10.1. The monoisotopic (exact) mass is 212 g/mol. The van der Waals surface area contributed by atoms with Gasteiger partial charge in [-0.25, -0.2) is 0 Å². The van der Waals surface area contributed by atoms with Crippen LogP contribution in [0.2, 0.25) is 0 Å². The molecule has 2 N–H and O–H groups in total. The molecule has 2 unspecified atom stereocenters. The van der Waals surface area contributed by atoms with Gasteiger partial charge < -0.3 is 10.6 Å². The Morgan fingerprint density at radius 1 is 1.27 bits per heavy atom. The van der Waals surface area contributed by atoms with Crippen LogP contribution in [-0.2, 0) is 4.79 Å². The molecule has 1 fully saturated rings. The van der Waals surface area contributed by atoms with E-state index in [-0.39, 0.29) is 18.0 Å². The minimum absolute atomic E-state index is 0.0358. The highest BCUT2D eigenvalue weighted by atomic mass is 16.2. The summed E-state index contributed by atoms with van der Waals surface area (Å²) in [6.45, 7) is 7.31. The van der Waals surface area contributed by atoms with Crippen molar-refractivity contribution in [3.8, 4) is 0 Å². The summed E-state index contributed by atoms with van der Waals surface area (Å²) in [6, 6.07) is 0.302. The Labute approximate surface area is 93.0 Å². The van der Waals surface area contributed by atoms with E-state index in [2.05, 4.69) is 31.4 Å². The molecule has 88 valence electrons. The Morgan fingerprint density at radius 2 is 2.00 bits per heavy atom. The molecule has 1 heterocycles. The van der Waals surface area contributed by atoms with Gasteiger partial charge >= 0.3 is 0 Å². The van der Waals surface area contributed by atoms with Gasteiger partial charge in [-0.1, -0.05) is 26.7 Å². The van der Waals surface area contributed by atoms with Gasteiger partial charge in [-0.05, 0) is 32.2 Å². The van der Waals surface area contributed by atoms with Crippen LogP contribution in [0.15, 0.2) is 0 Å². The summed E-state index contributed by atoms with van der Waals surface area (Å²) in [5, 5.41) is 6.39. The number of carbonyl (C=O) groups is 1. The van der Waals surface area contributed by atoms with Crippen molar-refractivity contribution < 1.29 is 4.79 Å². The molecule has 15 heavy (non-hydrogen) atoms. The Bertz CT molecular complexity index is 196. The highest BCUT2D eigenvalue weighted by Crippen LogP contribution is 2.09. The first kappa shape index (κ1) is 12.5. The van der Waals surface area contributed by atoms with E-state index in [0.717, 1.165) is 13.0 Å². The van der Waals surface area contributed by atoms with Crippen LogP contribution in [0.4, 0.5) is 0 Å². The fraction of sp³-hybridized carbons (Fsp3) is 0.917. The van der Waals surface area contributed by atoms with Crippen LogP contribution in [0.1, 0.15) is 46.5 Å². The van der Waals surface area contributed by atoms with E-state index in [0.29, 0.717) is 5.92 Å². The molecular formula is C12H24N2O. The minimum Gasteiger partial charge on any atom is -0.352 e. The fourth-order valence-electron chi connectivity index (χ4n) is 1.74. The van der Waals surface area contributed by atoms with Crippen LogP contribution in [0.3, 0.4) is 0 Å².